The lowest BCUT2D eigenvalue weighted by Gasteiger charge is -2.08. The standard InChI is InChI=1S/C18H21N3/c1-3-19-12-15-7-5-9-18-17(15)10-11-21(18)13-16-8-4-6-14(2)20-16/h4-11,19H,3,12-13H2,1-2H3. The van der Waals surface area contributed by atoms with E-state index in [4.69, 9.17) is 0 Å². The first kappa shape index (κ1) is 13.8. The number of hydrogen-bond donors (Lipinski definition) is 1. The molecule has 0 saturated heterocycles. The van der Waals surface area contributed by atoms with Crippen LogP contribution in [-0.2, 0) is 13.1 Å². The molecule has 0 amide bonds. The number of rotatable bonds is 5. The molecule has 108 valence electrons. The Hall–Kier alpha value is -2.13. The lowest BCUT2D eigenvalue weighted by atomic mass is 10.1. The van der Waals surface area contributed by atoms with E-state index >= 15 is 0 Å². The Morgan fingerprint density at radius 3 is 2.76 bits per heavy atom. The molecular weight excluding hydrogens is 258 g/mol. The number of pyridine rings is 1. The highest BCUT2D eigenvalue weighted by Gasteiger charge is 2.06. The first-order valence-corrected chi connectivity index (χ1v) is 7.48. The van der Waals surface area contributed by atoms with Gasteiger partial charge in [-0.1, -0.05) is 25.1 Å². The molecule has 3 nitrogen and oxygen atoms in total. The lowest BCUT2D eigenvalue weighted by Crippen LogP contribution is -2.11. The summed E-state index contributed by atoms with van der Waals surface area (Å²) >= 11 is 0. The highest BCUT2D eigenvalue weighted by atomic mass is 15.0. The van der Waals surface area contributed by atoms with Crippen LogP contribution in [0.2, 0.25) is 0 Å². The minimum absolute atomic E-state index is 0.815. The van der Waals surface area contributed by atoms with Crippen LogP contribution in [0.25, 0.3) is 10.9 Å². The van der Waals surface area contributed by atoms with Gasteiger partial charge in [0.25, 0.3) is 0 Å². The van der Waals surface area contributed by atoms with E-state index in [1.165, 1.54) is 16.5 Å². The number of fused-ring (bicyclic) bond motifs is 1. The Morgan fingerprint density at radius 1 is 1.10 bits per heavy atom. The van der Waals surface area contributed by atoms with Crippen LogP contribution in [0.4, 0.5) is 0 Å². The molecule has 3 aromatic rings. The first-order chi connectivity index (χ1) is 10.3. The van der Waals surface area contributed by atoms with Gasteiger partial charge in [-0.15, -0.1) is 0 Å². The predicted octanol–water partition coefficient (Wildman–Crippen LogP) is 3.50. The highest BCUT2D eigenvalue weighted by molar-refractivity contribution is 5.83. The molecule has 0 atom stereocenters. The number of nitrogens with zero attached hydrogens (tertiary/aromatic N) is 2. The molecule has 0 bridgehead atoms. The van der Waals surface area contributed by atoms with Crippen LogP contribution in [-0.4, -0.2) is 16.1 Å². The number of aromatic nitrogens is 2. The molecule has 0 unspecified atom stereocenters. The summed E-state index contributed by atoms with van der Waals surface area (Å²) in [4.78, 5) is 4.59. The van der Waals surface area contributed by atoms with Gasteiger partial charge >= 0.3 is 0 Å². The van der Waals surface area contributed by atoms with Crippen LogP contribution in [0.15, 0.2) is 48.7 Å². The smallest absolute Gasteiger partial charge is 0.0648 e. The summed E-state index contributed by atoms with van der Waals surface area (Å²) in [6, 6.07) is 14.9. The molecule has 0 aliphatic carbocycles. The fourth-order valence-corrected chi connectivity index (χ4v) is 2.70. The van der Waals surface area contributed by atoms with Crippen molar-refractivity contribution in [2.24, 2.45) is 0 Å². The zero-order valence-corrected chi connectivity index (χ0v) is 12.6. The Kier molecular flexibility index (Phi) is 4.02. The van der Waals surface area contributed by atoms with Crippen LogP contribution in [0.3, 0.4) is 0 Å². The van der Waals surface area contributed by atoms with Gasteiger partial charge in [-0.05, 0) is 43.3 Å². The van der Waals surface area contributed by atoms with Crippen molar-refractivity contribution in [2.45, 2.75) is 26.9 Å². The van der Waals surface area contributed by atoms with Crippen molar-refractivity contribution >= 4 is 10.9 Å². The normalized spacial score (nSPS) is 11.1. The molecule has 2 aromatic heterocycles. The van der Waals surface area contributed by atoms with Crippen molar-refractivity contribution in [3.8, 4) is 0 Å². The van der Waals surface area contributed by atoms with E-state index in [1.54, 1.807) is 0 Å². The Bertz CT molecular complexity index is 743. The number of aryl methyl sites for hydroxylation is 1. The summed E-state index contributed by atoms with van der Waals surface area (Å²) < 4.78 is 2.27. The summed E-state index contributed by atoms with van der Waals surface area (Å²) in [5.74, 6) is 0. The Labute approximate surface area is 125 Å². The highest BCUT2D eigenvalue weighted by Crippen LogP contribution is 2.21. The zero-order chi connectivity index (χ0) is 14.7. The number of nitrogens with one attached hydrogen (secondary N) is 1. The second kappa shape index (κ2) is 6.10. The van der Waals surface area contributed by atoms with E-state index in [9.17, 15) is 0 Å². The van der Waals surface area contributed by atoms with Crippen LogP contribution in [0.1, 0.15) is 23.9 Å². The summed E-state index contributed by atoms with van der Waals surface area (Å²) in [5, 5.41) is 4.73. The van der Waals surface area contributed by atoms with E-state index in [2.05, 4.69) is 64.4 Å². The minimum atomic E-state index is 0.815. The fourth-order valence-electron chi connectivity index (χ4n) is 2.70. The summed E-state index contributed by atoms with van der Waals surface area (Å²) in [7, 11) is 0. The monoisotopic (exact) mass is 279 g/mol. The second-order valence-electron chi connectivity index (χ2n) is 5.34. The SMILES string of the molecule is CCNCc1cccc2c1ccn2Cc1cccc(C)n1. The molecule has 0 radical (unpaired) electrons. The van der Waals surface area contributed by atoms with Crippen molar-refractivity contribution < 1.29 is 0 Å². The Balaban J connectivity index is 1.93. The van der Waals surface area contributed by atoms with Gasteiger partial charge in [-0.3, -0.25) is 4.98 Å². The van der Waals surface area contributed by atoms with Gasteiger partial charge in [0, 0.05) is 29.3 Å². The maximum atomic E-state index is 4.59. The van der Waals surface area contributed by atoms with Gasteiger partial charge in [-0.2, -0.15) is 0 Å². The van der Waals surface area contributed by atoms with Crippen molar-refractivity contribution in [3.05, 3.63) is 65.6 Å². The van der Waals surface area contributed by atoms with E-state index in [0.29, 0.717) is 0 Å². The molecule has 0 spiro atoms. The summed E-state index contributed by atoms with van der Waals surface area (Å²) in [6.45, 7) is 6.89. The van der Waals surface area contributed by atoms with Crippen LogP contribution in [0, 0.1) is 6.92 Å². The second-order valence-corrected chi connectivity index (χ2v) is 5.34. The number of benzene rings is 1. The molecule has 3 rings (SSSR count). The fraction of sp³-hybridized carbons (Fsp3) is 0.278. The van der Waals surface area contributed by atoms with Crippen molar-refractivity contribution in [1.82, 2.24) is 14.9 Å². The molecule has 3 heteroatoms. The zero-order valence-electron chi connectivity index (χ0n) is 12.6. The maximum absolute atomic E-state index is 4.59. The van der Waals surface area contributed by atoms with Gasteiger partial charge in [0.1, 0.15) is 0 Å². The summed E-state index contributed by atoms with van der Waals surface area (Å²) in [5.41, 5.74) is 4.79. The van der Waals surface area contributed by atoms with Gasteiger partial charge < -0.3 is 9.88 Å². The average molecular weight is 279 g/mol. The molecule has 0 aliphatic heterocycles. The predicted molar refractivity (Wildman–Crippen MR) is 87.4 cm³/mol. The largest absolute Gasteiger partial charge is 0.341 e. The van der Waals surface area contributed by atoms with E-state index in [-0.39, 0.29) is 0 Å². The van der Waals surface area contributed by atoms with Crippen molar-refractivity contribution in [3.63, 3.8) is 0 Å². The molecule has 21 heavy (non-hydrogen) atoms. The molecule has 1 N–H and O–H groups in total. The van der Waals surface area contributed by atoms with Crippen LogP contribution < -0.4 is 5.32 Å². The molecule has 1 aromatic carbocycles. The van der Waals surface area contributed by atoms with Crippen molar-refractivity contribution in [1.29, 1.82) is 0 Å². The van der Waals surface area contributed by atoms with Crippen molar-refractivity contribution in [2.75, 3.05) is 6.54 Å². The average Bonchev–Trinajstić information content (AvgIpc) is 2.89. The van der Waals surface area contributed by atoms with Gasteiger partial charge in [-0.25, -0.2) is 0 Å². The number of hydrogen-bond acceptors (Lipinski definition) is 2. The minimum Gasteiger partial charge on any atom is -0.341 e. The topological polar surface area (TPSA) is 29.9 Å². The quantitative estimate of drug-likeness (QED) is 0.774. The molecule has 2 heterocycles. The van der Waals surface area contributed by atoms with Crippen LogP contribution >= 0.6 is 0 Å². The third-order valence-electron chi connectivity index (χ3n) is 3.75. The summed E-state index contributed by atoms with van der Waals surface area (Å²) in [6.07, 6.45) is 2.16. The van der Waals surface area contributed by atoms with E-state index < -0.39 is 0 Å². The van der Waals surface area contributed by atoms with Gasteiger partial charge in [0.2, 0.25) is 0 Å². The molecule has 0 aliphatic rings. The first-order valence-electron chi connectivity index (χ1n) is 7.48. The van der Waals surface area contributed by atoms with Gasteiger partial charge in [0.05, 0.1) is 12.2 Å². The third-order valence-corrected chi connectivity index (χ3v) is 3.75. The maximum Gasteiger partial charge on any atom is 0.0648 e. The molecular formula is C18H21N3. The molecule has 0 fully saturated rings. The van der Waals surface area contributed by atoms with E-state index in [0.717, 1.165) is 31.0 Å². The van der Waals surface area contributed by atoms with Crippen LogP contribution in [0.5, 0.6) is 0 Å². The Morgan fingerprint density at radius 2 is 1.95 bits per heavy atom. The lowest BCUT2D eigenvalue weighted by molar-refractivity contribution is 0.730. The molecule has 0 saturated carbocycles. The van der Waals surface area contributed by atoms with E-state index in [1.807, 2.05) is 13.0 Å². The van der Waals surface area contributed by atoms with Gasteiger partial charge in [0.15, 0.2) is 0 Å². The third kappa shape index (κ3) is 2.98.